The first-order valence-corrected chi connectivity index (χ1v) is 7.54. The highest BCUT2D eigenvalue weighted by Crippen LogP contribution is 2.31. The van der Waals surface area contributed by atoms with Gasteiger partial charge in [0.1, 0.15) is 5.82 Å². The van der Waals surface area contributed by atoms with Crippen molar-refractivity contribution in [3.05, 3.63) is 33.0 Å². The largest absolute Gasteiger partial charge is 0.309 e. The maximum absolute atomic E-state index is 13.9. The first-order chi connectivity index (χ1) is 7.61. The molecule has 0 aromatic heterocycles. The third-order valence-corrected chi connectivity index (χ3v) is 4.15. The summed E-state index contributed by atoms with van der Waals surface area (Å²) in [5, 5.41) is 3.41. The molecule has 0 heterocycles. The molecule has 1 N–H and O–H groups in total. The van der Waals surface area contributed by atoms with Crippen LogP contribution in [0.5, 0.6) is 0 Å². The summed E-state index contributed by atoms with van der Waals surface area (Å²) in [4.78, 5) is 0. The van der Waals surface area contributed by atoms with Crippen LogP contribution in [0.1, 0.15) is 18.5 Å². The van der Waals surface area contributed by atoms with Crippen molar-refractivity contribution in [1.82, 2.24) is 5.32 Å². The molecule has 1 aromatic carbocycles. The van der Waals surface area contributed by atoms with Crippen LogP contribution in [0.4, 0.5) is 4.39 Å². The molecule has 1 nitrogen and oxygen atoms in total. The third-order valence-electron chi connectivity index (χ3n) is 2.22. The molecule has 1 aromatic rings. The molecule has 1 unspecified atom stereocenters. The second-order valence-corrected chi connectivity index (χ2v) is 5.47. The second-order valence-electron chi connectivity index (χ2n) is 3.33. The smallest absolute Gasteiger partial charge is 0.147 e. The van der Waals surface area contributed by atoms with E-state index in [9.17, 15) is 4.39 Å². The molecule has 16 heavy (non-hydrogen) atoms. The summed E-state index contributed by atoms with van der Waals surface area (Å²) >= 11 is 10.8. The Morgan fingerprint density at radius 1 is 1.56 bits per heavy atom. The van der Waals surface area contributed by atoms with Crippen LogP contribution < -0.4 is 5.32 Å². The van der Waals surface area contributed by atoms with Gasteiger partial charge in [-0.15, -0.1) is 0 Å². The molecule has 0 aliphatic carbocycles. The lowest BCUT2D eigenvalue weighted by Crippen LogP contribution is -2.24. The Kier molecular flexibility index (Phi) is 6.11. The Hall–Kier alpha value is 0.230. The van der Waals surface area contributed by atoms with E-state index in [4.69, 9.17) is 11.6 Å². The van der Waals surface area contributed by atoms with E-state index in [1.807, 2.05) is 13.2 Å². The fourth-order valence-corrected chi connectivity index (χ4v) is 2.59. The molecule has 0 saturated carbocycles. The predicted octanol–water partition coefficient (Wildman–Crippen LogP) is 4.26. The Balaban J connectivity index is 3.04. The van der Waals surface area contributed by atoms with Crippen molar-refractivity contribution < 1.29 is 4.39 Å². The molecule has 0 amide bonds. The topological polar surface area (TPSA) is 12.0 Å². The van der Waals surface area contributed by atoms with Crippen molar-refractivity contribution in [2.24, 2.45) is 0 Å². The van der Waals surface area contributed by atoms with E-state index in [-0.39, 0.29) is 16.9 Å². The maximum atomic E-state index is 13.9. The zero-order valence-corrected chi connectivity index (χ0v) is 12.3. The van der Waals surface area contributed by atoms with Crippen LogP contribution in [0.25, 0.3) is 0 Å². The van der Waals surface area contributed by atoms with Crippen molar-refractivity contribution in [3.8, 4) is 0 Å². The van der Waals surface area contributed by atoms with E-state index in [1.54, 1.807) is 23.9 Å². The van der Waals surface area contributed by atoms with Crippen LogP contribution in [-0.4, -0.2) is 18.6 Å². The number of nitrogens with one attached hydrogen (secondary N) is 1. The van der Waals surface area contributed by atoms with Crippen LogP contribution in [0.15, 0.2) is 16.6 Å². The number of hydrogen-bond donors (Lipinski definition) is 1. The minimum Gasteiger partial charge on any atom is -0.309 e. The molecule has 5 heteroatoms. The number of thioether (sulfide) groups is 1. The van der Waals surface area contributed by atoms with Gasteiger partial charge >= 0.3 is 0 Å². The quantitative estimate of drug-likeness (QED) is 0.812. The van der Waals surface area contributed by atoms with E-state index >= 15 is 0 Å². The van der Waals surface area contributed by atoms with Gasteiger partial charge in [0.05, 0.1) is 5.02 Å². The number of benzene rings is 1. The Morgan fingerprint density at radius 2 is 2.25 bits per heavy atom. The molecule has 1 atom stereocenters. The molecule has 0 aliphatic rings. The molecule has 0 saturated heterocycles. The van der Waals surface area contributed by atoms with E-state index in [1.165, 1.54) is 0 Å². The summed E-state index contributed by atoms with van der Waals surface area (Å²) < 4.78 is 14.5. The van der Waals surface area contributed by atoms with Gasteiger partial charge in [0.25, 0.3) is 0 Å². The van der Waals surface area contributed by atoms with Crippen molar-refractivity contribution in [2.45, 2.75) is 13.0 Å². The van der Waals surface area contributed by atoms with Gasteiger partial charge in [-0.1, -0.05) is 24.6 Å². The van der Waals surface area contributed by atoms with E-state index in [0.717, 1.165) is 12.3 Å². The van der Waals surface area contributed by atoms with Crippen molar-refractivity contribution in [2.75, 3.05) is 18.6 Å². The van der Waals surface area contributed by atoms with Gasteiger partial charge in [-0.3, -0.25) is 0 Å². The minimum absolute atomic E-state index is 0.00519. The first kappa shape index (κ1) is 14.3. The fraction of sp³-hybridized carbons (Fsp3) is 0.455. The number of rotatable bonds is 5. The van der Waals surface area contributed by atoms with Gasteiger partial charge < -0.3 is 5.32 Å². The normalized spacial score (nSPS) is 12.8. The summed E-state index contributed by atoms with van der Waals surface area (Å²) in [7, 11) is 0. The Bertz CT molecular complexity index is 356. The van der Waals surface area contributed by atoms with Crippen molar-refractivity contribution in [1.29, 1.82) is 0 Å². The van der Waals surface area contributed by atoms with Crippen LogP contribution in [0.2, 0.25) is 5.02 Å². The molecule has 90 valence electrons. The minimum atomic E-state index is -0.337. The van der Waals surface area contributed by atoms with E-state index in [0.29, 0.717) is 10.0 Å². The van der Waals surface area contributed by atoms with E-state index < -0.39 is 0 Å². The summed E-state index contributed by atoms with van der Waals surface area (Å²) in [6, 6.07) is 3.56. The second kappa shape index (κ2) is 6.84. The summed E-state index contributed by atoms with van der Waals surface area (Å²) in [6.07, 6.45) is 2.00. The summed E-state index contributed by atoms with van der Waals surface area (Å²) in [6.45, 7) is 2.81. The van der Waals surface area contributed by atoms with Crippen LogP contribution in [-0.2, 0) is 0 Å². The van der Waals surface area contributed by atoms with E-state index in [2.05, 4.69) is 21.2 Å². The first-order valence-electron chi connectivity index (χ1n) is 4.97. The maximum Gasteiger partial charge on any atom is 0.147 e. The van der Waals surface area contributed by atoms with Crippen LogP contribution in [0.3, 0.4) is 0 Å². The molecular weight excluding hydrogens is 313 g/mol. The number of hydrogen-bond acceptors (Lipinski definition) is 2. The third kappa shape index (κ3) is 3.36. The molecule has 1 rings (SSSR count). The van der Waals surface area contributed by atoms with Gasteiger partial charge in [0.15, 0.2) is 0 Å². The SMILES string of the molecule is CCNC(CSC)c1ccc(Br)c(Cl)c1F. The lowest BCUT2D eigenvalue weighted by molar-refractivity contribution is 0.545. The summed E-state index contributed by atoms with van der Waals surface area (Å²) in [5.41, 5.74) is 0.629. The molecular formula is C11H14BrClFNS. The number of halogens is 3. The Labute approximate surface area is 113 Å². The molecule has 0 aliphatic heterocycles. The fourth-order valence-electron chi connectivity index (χ4n) is 1.48. The Morgan fingerprint density at radius 3 is 2.81 bits per heavy atom. The zero-order chi connectivity index (χ0) is 12.1. The van der Waals surface area contributed by atoms with Crippen molar-refractivity contribution >= 4 is 39.3 Å². The van der Waals surface area contributed by atoms with Crippen molar-refractivity contribution in [3.63, 3.8) is 0 Å². The van der Waals surface area contributed by atoms with Crippen LogP contribution >= 0.6 is 39.3 Å². The summed E-state index contributed by atoms with van der Waals surface area (Å²) in [5.74, 6) is 0.485. The lowest BCUT2D eigenvalue weighted by atomic mass is 10.1. The average Bonchev–Trinajstić information content (AvgIpc) is 2.26. The van der Waals surface area contributed by atoms with Gasteiger partial charge in [-0.2, -0.15) is 11.8 Å². The standard InChI is InChI=1S/C11H14BrClFNS/c1-3-15-9(6-16-2)7-4-5-8(12)10(13)11(7)14/h4-5,9,15H,3,6H2,1-2H3. The molecule has 0 fully saturated rings. The van der Waals surface area contributed by atoms with Gasteiger partial charge in [0.2, 0.25) is 0 Å². The highest BCUT2D eigenvalue weighted by atomic mass is 79.9. The zero-order valence-electron chi connectivity index (χ0n) is 9.19. The lowest BCUT2D eigenvalue weighted by Gasteiger charge is -2.18. The average molecular weight is 327 g/mol. The van der Waals surface area contributed by atoms with Crippen LogP contribution in [0, 0.1) is 5.82 Å². The van der Waals surface area contributed by atoms with Gasteiger partial charge in [-0.05, 0) is 34.8 Å². The monoisotopic (exact) mass is 325 g/mol. The highest BCUT2D eigenvalue weighted by molar-refractivity contribution is 9.10. The predicted molar refractivity (Wildman–Crippen MR) is 73.9 cm³/mol. The van der Waals surface area contributed by atoms with Gasteiger partial charge in [-0.25, -0.2) is 4.39 Å². The molecule has 0 radical (unpaired) electrons. The van der Waals surface area contributed by atoms with Gasteiger partial charge in [0, 0.05) is 21.8 Å². The molecule has 0 bridgehead atoms. The highest BCUT2D eigenvalue weighted by Gasteiger charge is 2.17. The molecule has 0 spiro atoms.